The second-order valence-corrected chi connectivity index (χ2v) is 7.55. The number of carboxylic acid groups (broad SMARTS) is 1. The molecule has 0 saturated heterocycles. The van der Waals surface area contributed by atoms with Crippen molar-refractivity contribution < 1.29 is 9.90 Å². The number of aromatic nitrogens is 2. The van der Waals surface area contributed by atoms with Gasteiger partial charge in [0.1, 0.15) is 4.83 Å². The van der Waals surface area contributed by atoms with Gasteiger partial charge in [0.05, 0.1) is 5.56 Å². The van der Waals surface area contributed by atoms with Crippen molar-refractivity contribution in [1.29, 1.82) is 0 Å². The summed E-state index contributed by atoms with van der Waals surface area (Å²) < 4.78 is 1.41. The molecule has 2 aromatic carbocycles. The van der Waals surface area contributed by atoms with Crippen LogP contribution in [-0.4, -0.2) is 20.7 Å². The second-order valence-electron chi connectivity index (χ2n) is 6.58. The van der Waals surface area contributed by atoms with Crippen LogP contribution in [-0.2, 0) is 6.42 Å². The van der Waals surface area contributed by atoms with Gasteiger partial charge in [-0.05, 0) is 54.3 Å². The lowest BCUT2D eigenvalue weighted by Crippen LogP contribution is -2.19. The zero-order valence-corrected chi connectivity index (χ0v) is 16.4. The van der Waals surface area contributed by atoms with Crippen LogP contribution in [0.2, 0.25) is 0 Å². The molecule has 0 unspecified atom stereocenters. The van der Waals surface area contributed by atoms with E-state index in [1.54, 1.807) is 24.3 Å². The van der Waals surface area contributed by atoms with Crippen molar-refractivity contribution in [3.05, 3.63) is 104 Å². The standard InChI is InChI=1S/C23H16N2O3S/c1-15-13-19(14-17-7-10-18(11-8-17)23(27)28)21(26)25-22(15)29-20(24-25)12-9-16-5-3-2-4-6-16/h2-8,10-11,13H,14H2,1H3,(H,27,28). The van der Waals surface area contributed by atoms with Crippen LogP contribution in [0.25, 0.3) is 4.83 Å². The second kappa shape index (κ2) is 7.74. The van der Waals surface area contributed by atoms with Gasteiger partial charge < -0.3 is 5.11 Å². The first-order valence-electron chi connectivity index (χ1n) is 8.93. The van der Waals surface area contributed by atoms with Crippen LogP contribution in [0.15, 0.2) is 65.5 Å². The number of rotatable bonds is 3. The number of benzene rings is 2. The van der Waals surface area contributed by atoms with Crippen LogP contribution in [0, 0.1) is 18.8 Å². The molecule has 0 spiro atoms. The van der Waals surface area contributed by atoms with Gasteiger partial charge in [0, 0.05) is 17.5 Å². The first-order valence-corrected chi connectivity index (χ1v) is 9.74. The third-order valence-corrected chi connectivity index (χ3v) is 5.52. The van der Waals surface area contributed by atoms with Crippen molar-refractivity contribution in [3.8, 4) is 11.8 Å². The number of nitrogens with zero attached hydrogens (tertiary/aromatic N) is 2. The summed E-state index contributed by atoms with van der Waals surface area (Å²) in [4.78, 5) is 24.7. The van der Waals surface area contributed by atoms with E-state index >= 15 is 0 Å². The smallest absolute Gasteiger partial charge is 0.335 e. The molecule has 0 aliphatic rings. The summed E-state index contributed by atoms with van der Waals surface area (Å²) in [6.45, 7) is 1.94. The third kappa shape index (κ3) is 3.96. The molecule has 2 heterocycles. The number of hydrogen-bond acceptors (Lipinski definition) is 4. The third-order valence-electron chi connectivity index (χ3n) is 4.45. The summed E-state index contributed by atoms with van der Waals surface area (Å²) in [5.41, 5.74) is 3.35. The van der Waals surface area contributed by atoms with Crippen LogP contribution in [0.5, 0.6) is 0 Å². The van der Waals surface area contributed by atoms with E-state index in [0.29, 0.717) is 17.0 Å². The molecule has 0 saturated carbocycles. The van der Waals surface area contributed by atoms with Gasteiger partial charge in [-0.3, -0.25) is 4.79 Å². The normalized spacial score (nSPS) is 10.5. The highest BCUT2D eigenvalue weighted by atomic mass is 32.1. The van der Waals surface area contributed by atoms with Crippen LogP contribution in [0.3, 0.4) is 0 Å². The van der Waals surface area contributed by atoms with Gasteiger partial charge in [0.2, 0.25) is 0 Å². The quantitative estimate of drug-likeness (QED) is 0.532. The minimum atomic E-state index is -0.972. The Kier molecular flexibility index (Phi) is 4.98. The van der Waals surface area contributed by atoms with E-state index in [2.05, 4.69) is 16.9 Å². The number of hydrogen-bond donors (Lipinski definition) is 1. The molecule has 5 nitrogen and oxygen atoms in total. The van der Waals surface area contributed by atoms with Crippen LogP contribution in [0.1, 0.15) is 37.6 Å². The van der Waals surface area contributed by atoms with E-state index in [1.165, 1.54) is 15.9 Å². The van der Waals surface area contributed by atoms with E-state index in [4.69, 9.17) is 5.11 Å². The van der Waals surface area contributed by atoms with Crippen molar-refractivity contribution in [3.63, 3.8) is 0 Å². The SMILES string of the molecule is Cc1cc(Cc2ccc(C(=O)O)cc2)c(=O)n2nc(C#Cc3ccccc3)sc12. The Morgan fingerprint density at radius 2 is 1.83 bits per heavy atom. The number of aryl methyl sites for hydroxylation is 1. The number of carbonyl (C=O) groups is 1. The first-order chi connectivity index (χ1) is 14.0. The molecule has 29 heavy (non-hydrogen) atoms. The molecule has 0 atom stereocenters. The summed E-state index contributed by atoms with van der Waals surface area (Å²) in [7, 11) is 0. The highest BCUT2D eigenvalue weighted by Gasteiger charge is 2.12. The fourth-order valence-corrected chi connectivity index (χ4v) is 3.84. The average Bonchev–Trinajstić information content (AvgIpc) is 3.17. The Labute approximate surface area is 170 Å². The zero-order valence-electron chi connectivity index (χ0n) is 15.5. The first kappa shape index (κ1) is 18.7. The molecule has 1 N–H and O–H groups in total. The van der Waals surface area contributed by atoms with Gasteiger partial charge in [-0.1, -0.05) is 47.6 Å². The molecule has 0 radical (unpaired) electrons. The largest absolute Gasteiger partial charge is 0.478 e. The van der Waals surface area contributed by atoms with E-state index in [1.807, 2.05) is 43.3 Å². The molecule has 4 aromatic rings. The molecule has 0 fully saturated rings. The monoisotopic (exact) mass is 400 g/mol. The summed E-state index contributed by atoms with van der Waals surface area (Å²) >= 11 is 1.39. The Bertz CT molecular complexity index is 1320. The van der Waals surface area contributed by atoms with Crippen molar-refractivity contribution >= 4 is 22.1 Å². The maximum absolute atomic E-state index is 12.9. The molecule has 0 aliphatic carbocycles. The van der Waals surface area contributed by atoms with Gasteiger partial charge in [-0.25, -0.2) is 4.79 Å². The highest BCUT2D eigenvalue weighted by molar-refractivity contribution is 7.17. The van der Waals surface area contributed by atoms with Gasteiger partial charge >= 0.3 is 5.97 Å². The molecule has 0 amide bonds. The molecule has 4 rings (SSSR count). The van der Waals surface area contributed by atoms with Crippen LogP contribution in [0.4, 0.5) is 0 Å². The molecule has 0 bridgehead atoms. The number of carboxylic acids is 1. The molecular weight excluding hydrogens is 384 g/mol. The fourth-order valence-electron chi connectivity index (χ4n) is 3.01. The van der Waals surface area contributed by atoms with Gasteiger partial charge in [-0.15, -0.1) is 5.10 Å². The lowest BCUT2D eigenvalue weighted by molar-refractivity contribution is 0.0697. The lowest BCUT2D eigenvalue weighted by atomic mass is 10.0. The molecule has 6 heteroatoms. The van der Waals surface area contributed by atoms with Crippen molar-refractivity contribution in [2.24, 2.45) is 0 Å². The fraction of sp³-hybridized carbons (Fsp3) is 0.0870. The van der Waals surface area contributed by atoms with Crippen LogP contribution < -0.4 is 5.56 Å². The Morgan fingerprint density at radius 3 is 2.52 bits per heavy atom. The maximum atomic E-state index is 12.9. The van der Waals surface area contributed by atoms with E-state index in [-0.39, 0.29) is 11.1 Å². The minimum absolute atomic E-state index is 0.183. The van der Waals surface area contributed by atoms with Gasteiger partial charge in [-0.2, -0.15) is 4.52 Å². The van der Waals surface area contributed by atoms with E-state index < -0.39 is 5.97 Å². The van der Waals surface area contributed by atoms with Gasteiger partial charge in [0.15, 0.2) is 5.01 Å². The highest BCUT2D eigenvalue weighted by Crippen LogP contribution is 2.19. The Morgan fingerprint density at radius 1 is 1.10 bits per heavy atom. The average molecular weight is 400 g/mol. The predicted molar refractivity (Wildman–Crippen MR) is 113 cm³/mol. The van der Waals surface area contributed by atoms with E-state index in [9.17, 15) is 9.59 Å². The number of aromatic carboxylic acids is 1. The topological polar surface area (TPSA) is 71.7 Å². The summed E-state index contributed by atoms with van der Waals surface area (Å²) in [5, 5.41) is 14.0. The molecular formula is C23H16N2O3S. The van der Waals surface area contributed by atoms with E-state index in [0.717, 1.165) is 21.5 Å². The summed E-state index contributed by atoms with van der Waals surface area (Å²) in [6.07, 6.45) is 0.408. The predicted octanol–water partition coefficient (Wildman–Crippen LogP) is 3.75. The van der Waals surface area contributed by atoms with Crippen molar-refractivity contribution in [2.75, 3.05) is 0 Å². The molecule has 142 valence electrons. The number of pyridine rings is 1. The molecule has 0 aliphatic heterocycles. The minimum Gasteiger partial charge on any atom is -0.478 e. The number of fused-ring (bicyclic) bond motifs is 1. The van der Waals surface area contributed by atoms with Crippen molar-refractivity contribution in [1.82, 2.24) is 9.61 Å². The summed E-state index contributed by atoms with van der Waals surface area (Å²) in [5.74, 6) is 5.13. The Balaban J connectivity index is 1.68. The lowest BCUT2D eigenvalue weighted by Gasteiger charge is -2.04. The Hall–Kier alpha value is -3.69. The van der Waals surface area contributed by atoms with Gasteiger partial charge in [0.25, 0.3) is 5.56 Å². The van der Waals surface area contributed by atoms with Crippen LogP contribution >= 0.6 is 11.3 Å². The summed E-state index contributed by atoms with van der Waals surface area (Å²) in [6, 6.07) is 18.0. The maximum Gasteiger partial charge on any atom is 0.335 e. The zero-order chi connectivity index (χ0) is 20.4. The van der Waals surface area contributed by atoms with Crippen molar-refractivity contribution in [2.45, 2.75) is 13.3 Å². The molecule has 2 aromatic heterocycles.